The first kappa shape index (κ1) is 29.0. The van der Waals surface area contributed by atoms with Crippen LogP contribution < -0.4 is 0 Å². The average Bonchev–Trinajstić information content (AvgIpc) is 3.15. The number of ketones is 1. The number of ether oxygens (including phenoxy) is 1. The number of hydrogen-bond donors (Lipinski definition) is 0. The Hall–Kier alpha value is -2.58. The fourth-order valence-electron chi connectivity index (χ4n) is 4.75. The van der Waals surface area contributed by atoms with Crippen LogP contribution in [-0.2, 0) is 25.7 Å². The molecule has 2 aromatic rings. The first-order valence-corrected chi connectivity index (χ1v) is 14.2. The van der Waals surface area contributed by atoms with E-state index in [0.717, 1.165) is 34.0 Å². The number of nitrogens with zero attached hydrogens (tertiary/aromatic N) is 1. The first-order chi connectivity index (χ1) is 17.3. The molecule has 0 aromatic heterocycles. The Morgan fingerprint density at radius 1 is 1.08 bits per heavy atom. The summed E-state index contributed by atoms with van der Waals surface area (Å²) in [6.45, 7) is 13.0. The van der Waals surface area contributed by atoms with Crippen LogP contribution in [-0.4, -0.2) is 49.6 Å². The predicted molar refractivity (Wildman–Crippen MR) is 150 cm³/mol. The third-order valence-electron chi connectivity index (χ3n) is 6.65. The fraction of sp³-hybridized carbons (Fsp3) is 0.448. The van der Waals surface area contributed by atoms with Crippen molar-refractivity contribution < 1.29 is 23.9 Å². The maximum Gasteiger partial charge on any atom is 0.330 e. The van der Waals surface area contributed by atoms with E-state index in [1.165, 1.54) is 18.7 Å². The summed E-state index contributed by atoms with van der Waals surface area (Å²) >= 11 is 2.36. The Balaban J connectivity index is 1.83. The van der Waals surface area contributed by atoms with Gasteiger partial charge in [-0.2, -0.15) is 0 Å². The quantitative estimate of drug-likeness (QED) is 0.322. The van der Waals surface area contributed by atoms with Crippen LogP contribution in [0.25, 0.3) is 0 Å². The van der Waals surface area contributed by atoms with E-state index < -0.39 is 28.0 Å². The van der Waals surface area contributed by atoms with Gasteiger partial charge >= 0.3 is 5.97 Å². The molecule has 0 aliphatic carbocycles. The molecule has 3 rings (SSSR count). The highest BCUT2D eigenvalue weighted by molar-refractivity contribution is 8.14. The number of carbonyl (C=O) groups is 4. The second kappa shape index (κ2) is 11.9. The summed E-state index contributed by atoms with van der Waals surface area (Å²) in [5.41, 5.74) is 4.65. The van der Waals surface area contributed by atoms with Crippen LogP contribution in [0.5, 0.6) is 0 Å². The largest absolute Gasteiger partial charge is 0.459 e. The van der Waals surface area contributed by atoms with E-state index in [-0.39, 0.29) is 23.4 Å². The van der Waals surface area contributed by atoms with Gasteiger partial charge in [-0.05, 0) is 51.3 Å². The molecule has 1 fully saturated rings. The van der Waals surface area contributed by atoms with Crippen LogP contribution in [0.4, 0.5) is 0 Å². The number of benzene rings is 2. The van der Waals surface area contributed by atoms with E-state index in [9.17, 15) is 19.2 Å². The van der Waals surface area contributed by atoms with Crippen LogP contribution in [0.3, 0.4) is 0 Å². The number of thioether (sulfide) groups is 2. The third-order valence-corrected chi connectivity index (χ3v) is 9.24. The van der Waals surface area contributed by atoms with Crippen molar-refractivity contribution >= 4 is 46.3 Å². The van der Waals surface area contributed by atoms with E-state index in [4.69, 9.17) is 4.74 Å². The second-order valence-electron chi connectivity index (χ2n) is 10.0. The van der Waals surface area contributed by atoms with Crippen LogP contribution in [0.1, 0.15) is 60.3 Å². The molecule has 198 valence electrons. The molecular weight excluding hydrogens is 506 g/mol. The highest BCUT2D eigenvalue weighted by atomic mass is 32.2. The van der Waals surface area contributed by atoms with Crippen LogP contribution >= 0.6 is 23.5 Å². The van der Waals surface area contributed by atoms with Gasteiger partial charge in [-0.15, -0.1) is 11.8 Å². The third kappa shape index (κ3) is 6.65. The topological polar surface area (TPSA) is 80.8 Å². The van der Waals surface area contributed by atoms with Gasteiger partial charge in [0, 0.05) is 18.2 Å². The summed E-state index contributed by atoms with van der Waals surface area (Å²) in [5.74, 6) is -1.52. The SMILES string of the molecule is CC(=O)SC(C(=O)c1ccccc1)C(C)C(=O)N1C(C(=O)OCc2c(C)cc(C)cc2C)CSC1(C)C. The van der Waals surface area contributed by atoms with Gasteiger partial charge in [0.25, 0.3) is 0 Å². The Kier molecular flexibility index (Phi) is 9.29. The zero-order valence-electron chi connectivity index (χ0n) is 22.5. The highest BCUT2D eigenvalue weighted by Gasteiger charge is 2.50. The molecule has 0 spiro atoms. The summed E-state index contributed by atoms with van der Waals surface area (Å²) < 4.78 is 5.74. The van der Waals surface area contributed by atoms with Crippen LogP contribution in [0.15, 0.2) is 42.5 Å². The molecule has 6 nitrogen and oxygen atoms in total. The van der Waals surface area contributed by atoms with Gasteiger partial charge in [0.15, 0.2) is 10.9 Å². The average molecular weight is 542 g/mol. The lowest BCUT2D eigenvalue weighted by Gasteiger charge is -2.37. The number of esters is 1. The molecular formula is C29H35NO5S2. The maximum absolute atomic E-state index is 13.9. The maximum atomic E-state index is 13.9. The minimum Gasteiger partial charge on any atom is -0.459 e. The summed E-state index contributed by atoms with van der Waals surface area (Å²) in [5, 5.41) is -1.15. The zero-order valence-corrected chi connectivity index (χ0v) is 24.1. The van der Waals surface area contributed by atoms with E-state index in [0.29, 0.717) is 11.3 Å². The normalized spacial score (nSPS) is 18.2. The van der Waals surface area contributed by atoms with Crippen molar-refractivity contribution in [2.45, 2.75) is 71.2 Å². The molecule has 8 heteroatoms. The second-order valence-corrected chi connectivity index (χ2v) is 13.0. The molecule has 1 saturated heterocycles. The van der Waals surface area contributed by atoms with E-state index in [1.54, 1.807) is 42.2 Å². The van der Waals surface area contributed by atoms with Crippen molar-refractivity contribution in [1.82, 2.24) is 4.90 Å². The van der Waals surface area contributed by atoms with Crippen LogP contribution in [0, 0.1) is 26.7 Å². The molecule has 1 aliphatic heterocycles. The minimum absolute atomic E-state index is 0.130. The van der Waals surface area contributed by atoms with Crippen molar-refractivity contribution in [1.29, 1.82) is 0 Å². The number of Topliss-reactive ketones (excluding diaryl/α,β-unsaturated/α-hetero) is 1. The zero-order chi connectivity index (χ0) is 27.5. The molecule has 37 heavy (non-hydrogen) atoms. The number of carbonyl (C=O) groups excluding carboxylic acids is 4. The molecule has 0 bridgehead atoms. The minimum atomic E-state index is -0.900. The van der Waals surface area contributed by atoms with Gasteiger partial charge in [-0.1, -0.05) is 66.7 Å². The first-order valence-electron chi connectivity index (χ1n) is 12.3. The molecule has 2 aromatic carbocycles. The lowest BCUT2D eigenvalue weighted by atomic mass is 9.96. The van der Waals surface area contributed by atoms with Crippen molar-refractivity contribution in [3.63, 3.8) is 0 Å². The molecule has 1 aliphatic rings. The van der Waals surface area contributed by atoms with Gasteiger partial charge in [-0.25, -0.2) is 4.79 Å². The fourth-order valence-corrected chi connectivity index (χ4v) is 6.88. The van der Waals surface area contributed by atoms with Crippen LogP contribution in [0.2, 0.25) is 0 Å². The molecule has 1 amide bonds. The number of amides is 1. The number of rotatable bonds is 8. The van der Waals surface area contributed by atoms with Gasteiger partial charge in [0.2, 0.25) is 5.91 Å². The number of aryl methyl sites for hydroxylation is 3. The molecule has 1 heterocycles. The Labute approximate surface area is 227 Å². The molecule has 3 unspecified atom stereocenters. The monoisotopic (exact) mass is 541 g/mol. The summed E-state index contributed by atoms with van der Waals surface area (Å²) in [6.07, 6.45) is 0. The lowest BCUT2D eigenvalue weighted by Crippen LogP contribution is -2.54. The number of hydrogen-bond acceptors (Lipinski definition) is 7. The van der Waals surface area contributed by atoms with Gasteiger partial charge in [0.1, 0.15) is 12.6 Å². The molecule has 3 atom stereocenters. The summed E-state index contributed by atoms with van der Waals surface area (Å²) in [7, 11) is 0. The Morgan fingerprint density at radius 3 is 2.24 bits per heavy atom. The van der Waals surface area contributed by atoms with Gasteiger partial charge < -0.3 is 9.64 Å². The highest BCUT2D eigenvalue weighted by Crippen LogP contribution is 2.41. The Bertz CT molecular complexity index is 1170. The van der Waals surface area contributed by atoms with Crippen molar-refractivity contribution in [2.75, 3.05) is 5.75 Å². The van der Waals surface area contributed by atoms with Crippen molar-refractivity contribution in [3.05, 3.63) is 70.3 Å². The summed E-state index contributed by atoms with van der Waals surface area (Å²) in [6, 6.07) is 12.0. The van der Waals surface area contributed by atoms with Crippen molar-refractivity contribution in [2.24, 2.45) is 5.92 Å². The predicted octanol–water partition coefficient (Wildman–Crippen LogP) is 5.50. The van der Waals surface area contributed by atoms with Gasteiger partial charge in [0.05, 0.1) is 16.0 Å². The summed E-state index contributed by atoms with van der Waals surface area (Å²) in [4.78, 5) is 53.4. The van der Waals surface area contributed by atoms with E-state index in [2.05, 4.69) is 12.1 Å². The van der Waals surface area contributed by atoms with Crippen molar-refractivity contribution in [3.8, 4) is 0 Å². The lowest BCUT2D eigenvalue weighted by molar-refractivity contribution is -0.157. The van der Waals surface area contributed by atoms with Gasteiger partial charge in [-0.3, -0.25) is 14.4 Å². The smallest absolute Gasteiger partial charge is 0.330 e. The molecule has 0 saturated carbocycles. The molecule has 0 radical (unpaired) electrons. The van der Waals surface area contributed by atoms with E-state index in [1.807, 2.05) is 34.6 Å². The Morgan fingerprint density at radius 2 is 1.68 bits per heavy atom. The standard InChI is InChI=1S/C29H35NO5S2/c1-17-13-18(2)23(19(3)14-17)15-35-28(34)24-16-36-29(6,7)30(24)27(33)20(4)26(37-21(5)31)25(32)22-11-9-8-10-12-22/h8-14,20,24,26H,15-16H2,1-7H3. The molecule has 0 N–H and O–H groups in total. The van der Waals surface area contributed by atoms with E-state index >= 15 is 0 Å².